The van der Waals surface area contributed by atoms with Crippen LogP contribution in [0.25, 0.3) is 11.0 Å². The Bertz CT molecular complexity index is 574. The fraction of sp³-hybridized carbons (Fsp3) is 0.333. The summed E-state index contributed by atoms with van der Waals surface area (Å²) in [4.78, 5) is 15.1. The molecule has 0 amide bonds. The van der Waals surface area contributed by atoms with Crippen LogP contribution in [0.2, 0.25) is 0 Å². The fourth-order valence-electron chi connectivity index (χ4n) is 1.89. The van der Waals surface area contributed by atoms with Crippen molar-refractivity contribution in [1.82, 2.24) is 9.55 Å². The van der Waals surface area contributed by atoms with Gasteiger partial charge in [0.1, 0.15) is 11.7 Å². The maximum absolute atomic E-state index is 10.7. The van der Waals surface area contributed by atoms with E-state index in [0.29, 0.717) is 6.42 Å². The number of pyridine rings is 1. The Balaban J connectivity index is 2.42. The van der Waals surface area contributed by atoms with E-state index < -0.39 is 12.0 Å². The third-order valence-corrected chi connectivity index (χ3v) is 2.85. The van der Waals surface area contributed by atoms with Gasteiger partial charge in [0.05, 0.1) is 0 Å². The molecule has 3 N–H and O–H groups in total. The second kappa shape index (κ2) is 4.18. The van der Waals surface area contributed by atoms with E-state index in [1.807, 2.05) is 30.7 Å². The van der Waals surface area contributed by atoms with Gasteiger partial charge in [-0.2, -0.15) is 0 Å². The lowest BCUT2D eigenvalue weighted by molar-refractivity contribution is -0.138. The molecule has 2 rings (SSSR count). The van der Waals surface area contributed by atoms with Crippen LogP contribution in [-0.4, -0.2) is 26.7 Å². The largest absolute Gasteiger partial charge is 0.480 e. The van der Waals surface area contributed by atoms with Crippen LogP contribution in [0.3, 0.4) is 0 Å². The SMILES string of the molecule is Cc1cnc2c(c1)cc(C[C@H](N)C(=O)O)n2C. The molecule has 0 aromatic carbocycles. The minimum absolute atomic E-state index is 0.307. The molecule has 0 unspecified atom stereocenters. The van der Waals surface area contributed by atoms with E-state index in [4.69, 9.17) is 10.8 Å². The number of aryl methyl sites for hydroxylation is 2. The Morgan fingerprint density at radius 2 is 2.29 bits per heavy atom. The summed E-state index contributed by atoms with van der Waals surface area (Å²) >= 11 is 0. The molecule has 0 aliphatic rings. The van der Waals surface area contributed by atoms with E-state index in [-0.39, 0.29) is 0 Å². The van der Waals surface area contributed by atoms with Gasteiger partial charge in [0.25, 0.3) is 0 Å². The zero-order chi connectivity index (χ0) is 12.6. The number of rotatable bonds is 3. The lowest BCUT2D eigenvalue weighted by Crippen LogP contribution is -2.32. The molecule has 0 aliphatic heterocycles. The molecule has 0 aliphatic carbocycles. The zero-order valence-electron chi connectivity index (χ0n) is 9.84. The number of carboxylic acid groups (broad SMARTS) is 1. The molecule has 0 saturated carbocycles. The average molecular weight is 233 g/mol. The smallest absolute Gasteiger partial charge is 0.320 e. The van der Waals surface area contributed by atoms with Gasteiger partial charge in [-0.15, -0.1) is 0 Å². The van der Waals surface area contributed by atoms with Crippen molar-refractivity contribution in [1.29, 1.82) is 0 Å². The summed E-state index contributed by atoms with van der Waals surface area (Å²) in [5, 5.41) is 9.82. The number of aliphatic carboxylic acids is 1. The van der Waals surface area contributed by atoms with Gasteiger partial charge in [-0.1, -0.05) is 0 Å². The maximum Gasteiger partial charge on any atom is 0.320 e. The number of fused-ring (bicyclic) bond motifs is 1. The molecule has 1 atom stereocenters. The van der Waals surface area contributed by atoms with Crippen LogP contribution in [0.4, 0.5) is 0 Å². The number of carboxylic acids is 1. The quantitative estimate of drug-likeness (QED) is 0.823. The monoisotopic (exact) mass is 233 g/mol. The van der Waals surface area contributed by atoms with Crippen molar-refractivity contribution >= 4 is 17.0 Å². The van der Waals surface area contributed by atoms with Gasteiger partial charge in [0.2, 0.25) is 0 Å². The van der Waals surface area contributed by atoms with Gasteiger partial charge in [-0.05, 0) is 24.6 Å². The summed E-state index contributed by atoms with van der Waals surface area (Å²) in [6.07, 6.45) is 2.10. The van der Waals surface area contributed by atoms with Gasteiger partial charge in [0.15, 0.2) is 0 Å². The first-order chi connectivity index (χ1) is 7.99. The fourth-order valence-corrected chi connectivity index (χ4v) is 1.89. The number of hydrogen-bond donors (Lipinski definition) is 2. The van der Waals surface area contributed by atoms with E-state index in [1.54, 1.807) is 6.20 Å². The molecule has 90 valence electrons. The van der Waals surface area contributed by atoms with Crippen LogP contribution >= 0.6 is 0 Å². The van der Waals surface area contributed by atoms with Crippen molar-refractivity contribution in [3.63, 3.8) is 0 Å². The highest BCUT2D eigenvalue weighted by Gasteiger charge is 2.15. The predicted octanol–water partition coefficient (Wildman–Crippen LogP) is 0.836. The maximum atomic E-state index is 10.7. The van der Waals surface area contributed by atoms with Gasteiger partial charge in [0, 0.05) is 30.7 Å². The zero-order valence-corrected chi connectivity index (χ0v) is 9.84. The first-order valence-corrected chi connectivity index (χ1v) is 5.38. The van der Waals surface area contributed by atoms with E-state index >= 15 is 0 Å². The Labute approximate surface area is 98.9 Å². The topological polar surface area (TPSA) is 81.1 Å². The summed E-state index contributed by atoms with van der Waals surface area (Å²) < 4.78 is 1.89. The Morgan fingerprint density at radius 3 is 2.94 bits per heavy atom. The highest BCUT2D eigenvalue weighted by molar-refractivity contribution is 5.79. The third kappa shape index (κ3) is 2.14. The van der Waals surface area contributed by atoms with Crippen molar-refractivity contribution in [2.45, 2.75) is 19.4 Å². The minimum Gasteiger partial charge on any atom is -0.480 e. The van der Waals surface area contributed by atoms with E-state index in [1.165, 1.54) is 0 Å². The van der Waals surface area contributed by atoms with Crippen LogP contribution in [0, 0.1) is 6.92 Å². The molecule has 0 saturated heterocycles. The lowest BCUT2D eigenvalue weighted by Gasteiger charge is -2.07. The van der Waals surface area contributed by atoms with E-state index in [0.717, 1.165) is 22.3 Å². The summed E-state index contributed by atoms with van der Waals surface area (Å²) in [6, 6.07) is 3.09. The first kappa shape index (κ1) is 11.6. The van der Waals surface area contributed by atoms with Gasteiger partial charge in [-0.25, -0.2) is 4.98 Å². The van der Waals surface area contributed by atoms with Crippen LogP contribution in [0.5, 0.6) is 0 Å². The molecule has 0 bridgehead atoms. The number of aromatic nitrogens is 2. The second-order valence-electron chi connectivity index (χ2n) is 4.27. The summed E-state index contributed by atoms with van der Waals surface area (Å²) in [5.74, 6) is -0.987. The van der Waals surface area contributed by atoms with E-state index in [9.17, 15) is 4.79 Å². The Kier molecular flexibility index (Phi) is 2.85. The normalized spacial score (nSPS) is 12.9. The van der Waals surface area contributed by atoms with Crippen LogP contribution in [0.1, 0.15) is 11.3 Å². The second-order valence-corrected chi connectivity index (χ2v) is 4.27. The molecule has 5 nitrogen and oxygen atoms in total. The lowest BCUT2D eigenvalue weighted by atomic mass is 10.1. The Hall–Kier alpha value is -1.88. The van der Waals surface area contributed by atoms with Gasteiger partial charge < -0.3 is 15.4 Å². The first-order valence-electron chi connectivity index (χ1n) is 5.38. The molecule has 5 heteroatoms. The van der Waals surface area contributed by atoms with E-state index in [2.05, 4.69) is 4.98 Å². The number of nitrogens with two attached hydrogens (primary N) is 1. The molecule has 17 heavy (non-hydrogen) atoms. The summed E-state index contributed by atoms with van der Waals surface area (Å²) in [5.41, 5.74) is 8.35. The third-order valence-electron chi connectivity index (χ3n) is 2.85. The average Bonchev–Trinajstić information content (AvgIpc) is 2.55. The van der Waals surface area contributed by atoms with Gasteiger partial charge >= 0.3 is 5.97 Å². The molecular weight excluding hydrogens is 218 g/mol. The Morgan fingerprint density at radius 1 is 1.59 bits per heavy atom. The molecule has 2 aromatic heterocycles. The van der Waals surface area contributed by atoms with Crippen molar-refractivity contribution in [3.8, 4) is 0 Å². The number of hydrogen-bond acceptors (Lipinski definition) is 3. The minimum atomic E-state index is -0.987. The van der Waals surface area contributed by atoms with Crippen LogP contribution < -0.4 is 5.73 Å². The molecule has 0 radical (unpaired) electrons. The van der Waals surface area contributed by atoms with Crippen molar-refractivity contribution in [2.24, 2.45) is 12.8 Å². The number of carbonyl (C=O) groups is 1. The van der Waals surface area contributed by atoms with Crippen LogP contribution in [0.15, 0.2) is 18.3 Å². The molecule has 0 spiro atoms. The van der Waals surface area contributed by atoms with Crippen molar-refractivity contribution < 1.29 is 9.90 Å². The molecule has 2 heterocycles. The van der Waals surface area contributed by atoms with Crippen molar-refractivity contribution in [3.05, 3.63) is 29.6 Å². The molecule has 0 fully saturated rings. The highest BCUT2D eigenvalue weighted by atomic mass is 16.4. The predicted molar refractivity (Wildman–Crippen MR) is 64.8 cm³/mol. The highest BCUT2D eigenvalue weighted by Crippen LogP contribution is 2.18. The van der Waals surface area contributed by atoms with Crippen molar-refractivity contribution in [2.75, 3.05) is 0 Å². The molecule has 2 aromatic rings. The molecular formula is C12H15N3O2. The van der Waals surface area contributed by atoms with Crippen LogP contribution in [-0.2, 0) is 18.3 Å². The summed E-state index contributed by atoms with van der Waals surface area (Å²) in [7, 11) is 1.87. The summed E-state index contributed by atoms with van der Waals surface area (Å²) in [6.45, 7) is 1.97. The van der Waals surface area contributed by atoms with Gasteiger partial charge in [-0.3, -0.25) is 4.79 Å². The number of nitrogens with zero attached hydrogens (tertiary/aromatic N) is 2. The standard InChI is InChI=1S/C12H15N3O2/c1-7-3-8-4-9(5-10(13)12(16)17)15(2)11(8)14-6-7/h3-4,6,10H,5,13H2,1-2H3,(H,16,17)/t10-/m0/s1.